The zero-order chi connectivity index (χ0) is 12.6. The van der Waals surface area contributed by atoms with E-state index in [1.54, 1.807) is 0 Å². The molecular formula is C10H11N3O3S. The Labute approximate surface area is 102 Å². The number of carbonyl (C=O) groups excluding carboxylic acids is 1. The van der Waals surface area contributed by atoms with E-state index >= 15 is 0 Å². The van der Waals surface area contributed by atoms with E-state index in [0.29, 0.717) is 17.7 Å². The van der Waals surface area contributed by atoms with Crippen LogP contribution < -0.4 is 5.73 Å². The quantitative estimate of drug-likeness (QED) is 0.694. The van der Waals surface area contributed by atoms with E-state index in [4.69, 9.17) is 16.1 Å². The number of carboxylic acid groups (broad SMARTS) is 1. The van der Waals surface area contributed by atoms with Crippen LogP contribution in [-0.4, -0.2) is 33.3 Å². The number of thioether (sulfide) groups is 1. The van der Waals surface area contributed by atoms with Crippen molar-refractivity contribution in [3.8, 4) is 6.07 Å². The molecule has 0 aliphatic carbocycles. The fraction of sp³-hybridized carbons (Fsp3) is 0.500. The van der Waals surface area contributed by atoms with Crippen LogP contribution in [0.15, 0.2) is 10.6 Å². The third-order valence-corrected chi connectivity index (χ3v) is 4.15. The van der Waals surface area contributed by atoms with Gasteiger partial charge in [0.05, 0.1) is 17.9 Å². The molecule has 1 unspecified atom stereocenters. The molecule has 2 rings (SSSR count). The number of fused-ring (bicyclic) bond motifs is 1. The molecule has 3 N–H and O–H groups in total. The van der Waals surface area contributed by atoms with Crippen molar-refractivity contribution in [3.63, 3.8) is 0 Å². The Morgan fingerprint density at radius 2 is 2.47 bits per heavy atom. The Bertz CT molecular complexity index is 454. The zero-order valence-corrected chi connectivity index (χ0v) is 9.74. The summed E-state index contributed by atoms with van der Waals surface area (Å²) in [5.74, 6) is -1.31. The van der Waals surface area contributed by atoms with E-state index in [-0.39, 0.29) is 23.4 Å². The van der Waals surface area contributed by atoms with Crippen molar-refractivity contribution in [2.75, 3.05) is 0 Å². The highest BCUT2D eigenvalue weighted by Gasteiger charge is 2.49. The summed E-state index contributed by atoms with van der Waals surface area (Å²) in [5, 5.41) is 17.5. The summed E-state index contributed by atoms with van der Waals surface area (Å²) in [6.07, 6.45) is 1.04. The third-order valence-electron chi connectivity index (χ3n) is 2.75. The molecule has 90 valence electrons. The lowest BCUT2D eigenvalue weighted by molar-refractivity contribution is -0.145. The van der Waals surface area contributed by atoms with E-state index in [1.165, 1.54) is 16.7 Å². The molecule has 7 heteroatoms. The van der Waals surface area contributed by atoms with Crippen LogP contribution in [0.25, 0.3) is 0 Å². The maximum Gasteiger partial charge on any atom is 0.353 e. The lowest BCUT2D eigenvalue weighted by Crippen LogP contribution is -2.48. The minimum Gasteiger partial charge on any atom is -0.477 e. The van der Waals surface area contributed by atoms with Crippen molar-refractivity contribution in [2.24, 2.45) is 5.73 Å². The van der Waals surface area contributed by atoms with Gasteiger partial charge < -0.3 is 10.8 Å². The molecule has 0 saturated carbocycles. The van der Waals surface area contributed by atoms with Crippen molar-refractivity contribution in [3.05, 3.63) is 10.6 Å². The van der Waals surface area contributed by atoms with Gasteiger partial charge in [-0.25, -0.2) is 4.79 Å². The second-order valence-electron chi connectivity index (χ2n) is 3.86. The van der Waals surface area contributed by atoms with Crippen LogP contribution in [0.5, 0.6) is 0 Å². The molecule has 2 aliphatic rings. The molecule has 17 heavy (non-hydrogen) atoms. The summed E-state index contributed by atoms with van der Waals surface area (Å²) < 4.78 is 0. The van der Waals surface area contributed by atoms with E-state index in [0.717, 1.165) is 0 Å². The molecule has 6 nitrogen and oxygen atoms in total. The Kier molecular flexibility index (Phi) is 3.09. The van der Waals surface area contributed by atoms with Crippen LogP contribution in [0.3, 0.4) is 0 Å². The largest absolute Gasteiger partial charge is 0.477 e. The fourth-order valence-corrected chi connectivity index (χ4v) is 3.33. The first-order valence-corrected chi connectivity index (χ1v) is 6.03. The lowest BCUT2D eigenvalue weighted by Gasteiger charge is -2.33. The molecule has 2 aliphatic heterocycles. The molecule has 0 bridgehead atoms. The summed E-state index contributed by atoms with van der Waals surface area (Å²) in [6, 6.07) is 1.49. The molecule has 2 heterocycles. The molecule has 1 fully saturated rings. The molecule has 0 aromatic rings. The van der Waals surface area contributed by atoms with Crippen LogP contribution in [0.4, 0.5) is 0 Å². The maximum atomic E-state index is 11.3. The second-order valence-corrected chi connectivity index (χ2v) is 5.08. The highest BCUT2D eigenvalue weighted by atomic mass is 32.2. The standard InChI is InChI=1S/C10H11N3O3S/c11-3-1-2-5(12)9-8(10(15)16)13-6(14)4-7(13)17-9/h5,7H,1-2,4,12H2,(H,15,16)/t5?,7-/m0/s1. The first-order chi connectivity index (χ1) is 8.06. The molecule has 1 amide bonds. The number of carbonyl (C=O) groups is 2. The smallest absolute Gasteiger partial charge is 0.353 e. The molecule has 0 radical (unpaired) electrons. The number of nitrogens with two attached hydrogens (primary N) is 1. The van der Waals surface area contributed by atoms with Gasteiger partial charge in [0, 0.05) is 17.4 Å². The summed E-state index contributed by atoms with van der Waals surface area (Å²) in [6.45, 7) is 0. The average molecular weight is 253 g/mol. The van der Waals surface area contributed by atoms with E-state index in [9.17, 15) is 9.59 Å². The van der Waals surface area contributed by atoms with Gasteiger partial charge >= 0.3 is 5.97 Å². The van der Waals surface area contributed by atoms with Crippen molar-refractivity contribution in [2.45, 2.75) is 30.7 Å². The third kappa shape index (κ3) is 1.90. The van der Waals surface area contributed by atoms with Crippen molar-refractivity contribution in [1.82, 2.24) is 4.90 Å². The predicted octanol–water partition coefficient (Wildman–Crippen LogP) is 0.219. The van der Waals surface area contributed by atoms with Gasteiger partial charge in [0.1, 0.15) is 5.70 Å². The molecule has 1 saturated heterocycles. The van der Waals surface area contributed by atoms with E-state index in [2.05, 4.69) is 0 Å². The van der Waals surface area contributed by atoms with Crippen molar-refractivity contribution < 1.29 is 14.7 Å². The first-order valence-electron chi connectivity index (χ1n) is 5.15. The lowest BCUT2D eigenvalue weighted by atomic mass is 10.1. The van der Waals surface area contributed by atoms with Gasteiger partial charge in [0.2, 0.25) is 5.91 Å². The molecule has 0 spiro atoms. The van der Waals surface area contributed by atoms with Crippen molar-refractivity contribution >= 4 is 23.6 Å². The van der Waals surface area contributed by atoms with Gasteiger partial charge in [-0.2, -0.15) is 5.26 Å². The Hall–Kier alpha value is -1.52. The van der Waals surface area contributed by atoms with Crippen LogP contribution in [0, 0.1) is 11.3 Å². The van der Waals surface area contributed by atoms with Gasteiger partial charge in [-0.3, -0.25) is 9.69 Å². The van der Waals surface area contributed by atoms with Crippen LogP contribution in [-0.2, 0) is 9.59 Å². The fourth-order valence-electron chi connectivity index (χ4n) is 1.89. The summed E-state index contributed by atoms with van der Waals surface area (Å²) in [5.41, 5.74) is 5.86. The SMILES string of the molecule is N#CCCC(N)C1=C(C(=O)O)N2C(=O)C[C@@H]2S1. The van der Waals surface area contributed by atoms with E-state index < -0.39 is 12.0 Å². The number of amides is 1. The first kappa shape index (κ1) is 12.0. The number of nitriles is 1. The average Bonchev–Trinajstić information content (AvgIpc) is 2.59. The number of carboxylic acids is 1. The molecule has 0 aromatic heterocycles. The summed E-state index contributed by atoms with van der Waals surface area (Å²) >= 11 is 1.33. The normalized spacial score (nSPS) is 24.1. The Morgan fingerprint density at radius 1 is 1.76 bits per heavy atom. The second kappa shape index (κ2) is 4.39. The van der Waals surface area contributed by atoms with Gasteiger partial charge in [-0.15, -0.1) is 11.8 Å². The summed E-state index contributed by atoms with van der Waals surface area (Å²) in [7, 11) is 0. The Balaban J connectivity index is 2.23. The minimum absolute atomic E-state index is 0.00156. The number of β-lactam (4-membered cyclic amide) rings is 1. The van der Waals surface area contributed by atoms with E-state index in [1.807, 2.05) is 6.07 Å². The number of aliphatic carboxylic acids is 1. The highest BCUT2D eigenvalue weighted by molar-refractivity contribution is 8.04. The number of nitrogens with zero attached hydrogens (tertiary/aromatic N) is 2. The molecular weight excluding hydrogens is 242 g/mol. The zero-order valence-electron chi connectivity index (χ0n) is 8.92. The molecule has 2 atom stereocenters. The topological polar surface area (TPSA) is 107 Å². The maximum absolute atomic E-state index is 11.3. The van der Waals surface area contributed by atoms with Gasteiger partial charge in [-0.05, 0) is 6.42 Å². The molecule has 0 aromatic carbocycles. The van der Waals surface area contributed by atoms with Crippen molar-refractivity contribution in [1.29, 1.82) is 5.26 Å². The van der Waals surface area contributed by atoms with Crippen LogP contribution in [0.2, 0.25) is 0 Å². The number of rotatable bonds is 4. The van der Waals surface area contributed by atoms with Crippen LogP contribution >= 0.6 is 11.8 Å². The van der Waals surface area contributed by atoms with Gasteiger partial charge in [0.15, 0.2) is 0 Å². The Morgan fingerprint density at radius 3 is 3.00 bits per heavy atom. The monoisotopic (exact) mass is 253 g/mol. The number of hydrogen-bond donors (Lipinski definition) is 2. The van der Waals surface area contributed by atoms with Gasteiger partial charge in [-0.1, -0.05) is 0 Å². The van der Waals surface area contributed by atoms with Crippen LogP contribution in [0.1, 0.15) is 19.3 Å². The minimum atomic E-state index is -1.13. The highest BCUT2D eigenvalue weighted by Crippen LogP contribution is 2.47. The summed E-state index contributed by atoms with van der Waals surface area (Å²) in [4.78, 5) is 24.3. The predicted molar refractivity (Wildman–Crippen MR) is 60.3 cm³/mol. The van der Waals surface area contributed by atoms with Gasteiger partial charge in [0.25, 0.3) is 0 Å². The number of hydrogen-bond acceptors (Lipinski definition) is 5.